The molecule has 1 rings (SSSR count). The first-order valence-corrected chi connectivity index (χ1v) is 7.39. The minimum absolute atomic E-state index is 0.0668. The Hall–Kier alpha value is -0.340. The van der Waals surface area contributed by atoms with Gasteiger partial charge in [-0.25, -0.2) is 12.7 Å². The number of carboxylic acids is 1. The maximum absolute atomic E-state index is 12.0. The van der Waals surface area contributed by atoms with E-state index in [0.717, 1.165) is 15.6 Å². The van der Waals surface area contributed by atoms with E-state index in [-0.39, 0.29) is 26.5 Å². The van der Waals surface area contributed by atoms with Gasteiger partial charge in [0, 0.05) is 13.6 Å². The second kappa shape index (κ2) is 5.53. The van der Waals surface area contributed by atoms with Gasteiger partial charge in [-0.1, -0.05) is 23.2 Å². The van der Waals surface area contributed by atoms with E-state index in [1.54, 1.807) is 0 Å². The van der Waals surface area contributed by atoms with Crippen LogP contribution in [0.1, 0.15) is 6.42 Å². The minimum atomic E-state index is -3.78. The zero-order valence-electron chi connectivity index (χ0n) is 8.68. The third kappa shape index (κ3) is 3.56. The van der Waals surface area contributed by atoms with Crippen molar-refractivity contribution in [1.29, 1.82) is 0 Å². The summed E-state index contributed by atoms with van der Waals surface area (Å²) in [4.78, 5) is 10.3. The molecule has 1 heterocycles. The Morgan fingerprint density at radius 3 is 2.53 bits per heavy atom. The van der Waals surface area contributed by atoms with Gasteiger partial charge in [0.2, 0.25) is 10.0 Å². The summed E-state index contributed by atoms with van der Waals surface area (Å²) < 4.78 is 25.2. The second-order valence-electron chi connectivity index (χ2n) is 3.16. The topological polar surface area (TPSA) is 74.7 Å². The van der Waals surface area contributed by atoms with Gasteiger partial charge in [-0.05, 0) is 6.07 Å². The zero-order valence-corrected chi connectivity index (χ0v) is 11.8. The van der Waals surface area contributed by atoms with Crippen molar-refractivity contribution in [2.45, 2.75) is 11.3 Å². The molecule has 0 aliphatic rings. The molecule has 5 nitrogen and oxygen atoms in total. The van der Waals surface area contributed by atoms with Crippen molar-refractivity contribution in [3.63, 3.8) is 0 Å². The molecule has 0 aromatic carbocycles. The van der Waals surface area contributed by atoms with Crippen LogP contribution in [-0.4, -0.2) is 37.4 Å². The van der Waals surface area contributed by atoms with Crippen LogP contribution >= 0.6 is 34.5 Å². The third-order valence-corrected chi connectivity index (χ3v) is 5.56. The molecule has 17 heavy (non-hydrogen) atoms. The molecule has 0 saturated carbocycles. The van der Waals surface area contributed by atoms with Crippen LogP contribution in [-0.2, 0) is 14.8 Å². The van der Waals surface area contributed by atoms with Crippen LogP contribution in [0, 0.1) is 0 Å². The van der Waals surface area contributed by atoms with Gasteiger partial charge < -0.3 is 5.11 Å². The predicted molar refractivity (Wildman–Crippen MR) is 66.4 cm³/mol. The highest BCUT2D eigenvalue weighted by Gasteiger charge is 2.25. The smallest absolute Gasteiger partial charge is 0.304 e. The number of carbonyl (C=O) groups is 1. The quantitative estimate of drug-likeness (QED) is 0.903. The van der Waals surface area contributed by atoms with E-state index in [1.165, 1.54) is 13.1 Å². The number of sulfonamides is 1. The molecule has 0 saturated heterocycles. The van der Waals surface area contributed by atoms with Crippen LogP contribution in [0.5, 0.6) is 0 Å². The van der Waals surface area contributed by atoms with Gasteiger partial charge >= 0.3 is 5.97 Å². The summed E-state index contributed by atoms with van der Waals surface area (Å²) in [5, 5.41) is 8.49. The summed E-state index contributed by atoms with van der Waals surface area (Å²) in [5.41, 5.74) is 0. The summed E-state index contributed by atoms with van der Waals surface area (Å²) in [6.07, 6.45) is -0.273. The average molecular weight is 318 g/mol. The number of hydrogen-bond donors (Lipinski definition) is 1. The van der Waals surface area contributed by atoms with Crippen LogP contribution in [0.2, 0.25) is 8.67 Å². The largest absolute Gasteiger partial charge is 0.481 e. The first-order valence-electron chi connectivity index (χ1n) is 4.38. The van der Waals surface area contributed by atoms with Gasteiger partial charge in [0.1, 0.15) is 9.23 Å². The Bertz CT molecular complexity index is 526. The predicted octanol–water partition coefficient (Wildman–Crippen LogP) is 2.15. The van der Waals surface area contributed by atoms with Crippen molar-refractivity contribution >= 4 is 50.5 Å². The van der Waals surface area contributed by atoms with Crippen molar-refractivity contribution in [3.8, 4) is 0 Å². The molecule has 0 aliphatic heterocycles. The Morgan fingerprint density at radius 2 is 2.12 bits per heavy atom. The number of halogens is 2. The molecule has 0 aliphatic carbocycles. The van der Waals surface area contributed by atoms with Crippen LogP contribution in [0.3, 0.4) is 0 Å². The van der Waals surface area contributed by atoms with Crippen molar-refractivity contribution in [1.82, 2.24) is 4.31 Å². The first kappa shape index (κ1) is 14.7. The number of nitrogens with zero attached hydrogens (tertiary/aromatic N) is 1. The van der Waals surface area contributed by atoms with E-state index in [0.29, 0.717) is 0 Å². The lowest BCUT2D eigenvalue weighted by Crippen LogP contribution is -2.29. The molecule has 0 radical (unpaired) electrons. The van der Waals surface area contributed by atoms with Crippen molar-refractivity contribution in [2.75, 3.05) is 13.6 Å². The van der Waals surface area contributed by atoms with Gasteiger partial charge in [-0.2, -0.15) is 0 Å². The normalized spacial score (nSPS) is 12.0. The van der Waals surface area contributed by atoms with Crippen LogP contribution < -0.4 is 0 Å². The van der Waals surface area contributed by atoms with E-state index < -0.39 is 16.0 Å². The molecule has 0 fully saturated rings. The Labute approximate surface area is 113 Å². The van der Waals surface area contributed by atoms with Crippen molar-refractivity contribution in [3.05, 3.63) is 14.7 Å². The number of carboxylic acid groups (broad SMARTS) is 1. The van der Waals surface area contributed by atoms with Gasteiger partial charge in [-0.3, -0.25) is 4.79 Å². The van der Waals surface area contributed by atoms with E-state index in [9.17, 15) is 13.2 Å². The maximum Gasteiger partial charge on any atom is 0.304 e. The number of thiophene rings is 1. The van der Waals surface area contributed by atoms with Crippen LogP contribution in [0.4, 0.5) is 0 Å². The fourth-order valence-corrected chi connectivity index (χ4v) is 4.32. The highest BCUT2D eigenvalue weighted by atomic mass is 35.5. The molecule has 0 atom stereocenters. The number of aliphatic carboxylic acids is 1. The number of rotatable bonds is 5. The molecule has 0 bridgehead atoms. The van der Waals surface area contributed by atoms with Gasteiger partial charge in [-0.15, -0.1) is 11.3 Å². The lowest BCUT2D eigenvalue weighted by atomic mass is 10.4. The van der Waals surface area contributed by atoms with Crippen LogP contribution in [0.15, 0.2) is 11.0 Å². The van der Waals surface area contributed by atoms with E-state index in [2.05, 4.69) is 0 Å². The highest BCUT2D eigenvalue weighted by Crippen LogP contribution is 2.35. The summed E-state index contributed by atoms with van der Waals surface area (Å²) in [6, 6.07) is 1.25. The fourth-order valence-electron chi connectivity index (χ4n) is 1.04. The molecule has 1 N–H and O–H groups in total. The monoisotopic (exact) mass is 317 g/mol. The average Bonchev–Trinajstić information content (AvgIpc) is 2.54. The zero-order chi connectivity index (χ0) is 13.2. The highest BCUT2D eigenvalue weighted by molar-refractivity contribution is 7.89. The third-order valence-electron chi connectivity index (χ3n) is 1.95. The minimum Gasteiger partial charge on any atom is -0.481 e. The molecular formula is C8H9Cl2NO4S2. The van der Waals surface area contributed by atoms with Crippen LogP contribution in [0.25, 0.3) is 0 Å². The lowest BCUT2D eigenvalue weighted by Gasteiger charge is -2.15. The summed E-state index contributed by atoms with van der Waals surface area (Å²) >= 11 is 12.4. The maximum atomic E-state index is 12.0. The van der Waals surface area contributed by atoms with Crippen molar-refractivity contribution < 1.29 is 18.3 Å². The Kier molecular flexibility index (Phi) is 4.79. The molecule has 9 heteroatoms. The first-order chi connectivity index (χ1) is 7.75. The van der Waals surface area contributed by atoms with E-state index >= 15 is 0 Å². The summed E-state index contributed by atoms with van der Waals surface area (Å²) in [5.74, 6) is -1.07. The standard InChI is InChI=1S/C8H9Cl2NO4S2/c1-11(3-2-7(12)13)17(14,15)5-4-6(9)16-8(5)10/h4H,2-3H2,1H3,(H,12,13). The van der Waals surface area contributed by atoms with E-state index in [4.69, 9.17) is 28.3 Å². The Morgan fingerprint density at radius 1 is 1.53 bits per heavy atom. The van der Waals surface area contributed by atoms with E-state index in [1.807, 2.05) is 0 Å². The van der Waals surface area contributed by atoms with Gasteiger partial charge in [0.05, 0.1) is 10.8 Å². The molecule has 96 valence electrons. The van der Waals surface area contributed by atoms with Gasteiger partial charge in [0.25, 0.3) is 0 Å². The fraction of sp³-hybridized carbons (Fsp3) is 0.375. The second-order valence-corrected chi connectivity index (χ2v) is 7.46. The SMILES string of the molecule is CN(CCC(=O)O)S(=O)(=O)c1cc(Cl)sc1Cl. The lowest BCUT2D eigenvalue weighted by molar-refractivity contribution is -0.137. The molecular weight excluding hydrogens is 309 g/mol. The number of hydrogen-bond acceptors (Lipinski definition) is 4. The molecule has 0 amide bonds. The molecule has 1 aromatic rings. The molecule has 0 spiro atoms. The van der Waals surface area contributed by atoms with Crippen molar-refractivity contribution in [2.24, 2.45) is 0 Å². The Balaban J connectivity index is 2.95. The van der Waals surface area contributed by atoms with Gasteiger partial charge in [0.15, 0.2) is 0 Å². The molecule has 0 unspecified atom stereocenters. The summed E-state index contributed by atoms with van der Waals surface area (Å²) in [6.45, 7) is -0.124. The summed E-state index contributed by atoms with van der Waals surface area (Å²) in [7, 11) is -2.49. The molecule has 1 aromatic heterocycles.